The highest BCUT2D eigenvalue weighted by Crippen LogP contribution is 2.27. The molecular weight excluding hydrogens is 328 g/mol. The minimum Gasteiger partial charge on any atom is -0.444 e. The zero-order valence-electron chi connectivity index (χ0n) is 12.0. The zero-order valence-corrected chi connectivity index (χ0v) is 13.6. The second-order valence-corrected chi connectivity index (χ2v) is 6.62. The van der Waals surface area contributed by atoms with Gasteiger partial charge >= 0.3 is 0 Å². The van der Waals surface area contributed by atoms with Crippen LogP contribution in [0, 0.1) is 0 Å². The van der Waals surface area contributed by atoms with Crippen molar-refractivity contribution < 1.29 is 4.42 Å². The molecule has 0 spiro atoms. The third-order valence-corrected chi connectivity index (χ3v) is 5.02. The Balaban J connectivity index is 1.49. The van der Waals surface area contributed by atoms with Gasteiger partial charge < -0.3 is 4.42 Å². The molecule has 3 aromatic heterocycles. The third kappa shape index (κ3) is 3.06. The number of thioether (sulfide) groups is 1. The van der Waals surface area contributed by atoms with E-state index >= 15 is 0 Å². The summed E-state index contributed by atoms with van der Waals surface area (Å²) in [5.41, 5.74) is 1.93. The zero-order chi connectivity index (χ0) is 15.5. The molecule has 23 heavy (non-hydrogen) atoms. The van der Waals surface area contributed by atoms with Crippen LogP contribution in [0.3, 0.4) is 0 Å². The van der Waals surface area contributed by atoms with Crippen LogP contribution in [0.2, 0.25) is 0 Å². The number of hydrogen-bond donors (Lipinski definition) is 0. The molecule has 0 bridgehead atoms. The molecule has 0 aliphatic heterocycles. The van der Waals surface area contributed by atoms with E-state index in [-0.39, 0.29) is 0 Å². The van der Waals surface area contributed by atoms with Crippen LogP contribution >= 0.6 is 23.1 Å². The van der Waals surface area contributed by atoms with Gasteiger partial charge in [0.1, 0.15) is 12.6 Å². The van der Waals surface area contributed by atoms with E-state index in [9.17, 15) is 0 Å². The van der Waals surface area contributed by atoms with E-state index < -0.39 is 0 Å². The first kappa shape index (κ1) is 14.2. The van der Waals surface area contributed by atoms with E-state index in [2.05, 4.69) is 15.2 Å². The molecule has 0 radical (unpaired) electrons. The molecule has 5 nitrogen and oxygen atoms in total. The molecule has 0 amide bonds. The topological polar surface area (TPSA) is 56.7 Å². The van der Waals surface area contributed by atoms with Gasteiger partial charge in [-0.05, 0) is 23.6 Å². The maximum absolute atomic E-state index is 5.54. The van der Waals surface area contributed by atoms with Crippen molar-refractivity contribution in [1.82, 2.24) is 19.7 Å². The van der Waals surface area contributed by atoms with Crippen molar-refractivity contribution in [2.75, 3.05) is 0 Å². The van der Waals surface area contributed by atoms with E-state index in [1.54, 1.807) is 35.7 Å². The molecule has 0 fully saturated rings. The monoisotopic (exact) mass is 340 g/mol. The van der Waals surface area contributed by atoms with E-state index in [0.717, 1.165) is 21.4 Å². The summed E-state index contributed by atoms with van der Waals surface area (Å²) in [6, 6.07) is 14.0. The minimum absolute atomic E-state index is 0.667. The van der Waals surface area contributed by atoms with Crippen LogP contribution in [0.25, 0.3) is 16.5 Å². The Morgan fingerprint density at radius 1 is 1.13 bits per heavy atom. The fourth-order valence-electron chi connectivity index (χ4n) is 2.11. The van der Waals surface area contributed by atoms with Crippen LogP contribution in [-0.4, -0.2) is 19.7 Å². The summed E-state index contributed by atoms with van der Waals surface area (Å²) in [7, 11) is 0. The van der Waals surface area contributed by atoms with Gasteiger partial charge in [-0.2, -0.15) is 0 Å². The molecule has 0 aliphatic rings. The predicted molar refractivity (Wildman–Crippen MR) is 90.7 cm³/mol. The molecule has 7 heteroatoms. The summed E-state index contributed by atoms with van der Waals surface area (Å²) in [6.45, 7) is 0. The quantitative estimate of drug-likeness (QED) is 0.508. The van der Waals surface area contributed by atoms with Crippen LogP contribution in [0.4, 0.5) is 0 Å². The average Bonchev–Trinajstić information content (AvgIpc) is 3.33. The minimum atomic E-state index is 0.667. The molecule has 0 unspecified atom stereocenters. The normalized spacial score (nSPS) is 11.0. The van der Waals surface area contributed by atoms with E-state index in [1.807, 2.05) is 52.4 Å². The number of rotatable bonds is 5. The average molecular weight is 340 g/mol. The van der Waals surface area contributed by atoms with Crippen molar-refractivity contribution in [3.63, 3.8) is 0 Å². The Labute approximate surface area is 141 Å². The van der Waals surface area contributed by atoms with Crippen molar-refractivity contribution in [3.8, 4) is 16.5 Å². The maximum atomic E-state index is 5.54. The molecule has 114 valence electrons. The van der Waals surface area contributed by atoms with E-state index in [4.69, 9.17) is 4.42 Å². The molecule has 0 saturated heterocycles. The first-order valence-corrected chi connectivity index (χ1v) is 8.83. The van der Waals surface area contributed by atoms with Crippen LogP contribution < -0.4 is 0 Å². The number of oxazole rings is 1. The lowest BCUT2D eigenvalue weighted by Gasteiger charge is -2.04. The number of thiophene rings is 1. The molecule has 4 aromatic rings. The summed E-state index contributed by atoms with van der Waals surface area (Å²) < 4.78 is 7.50. The van der Waals surface area contributed by atoms with Gasteiger partial charge in [0.25, 0.3) is 0 Å². The summed E-state index contributed by atoms with van der Waals surface area (Å²) in [5, 5.41) is 11.0. The molecule has 3 heterocycles. The fourth-order valence-corrected chi connectivity index (χ4v) is 3.58. The highest BCUT2D eigenvalue weighted by atomic mass is 32.2. The lowest BCUT2D eigenvalue weighted by Crippen LogP contribution is -1.94. The second-order valence-electron chi connectivity index (χ2n) is 4.73. The van der Waals surface area contributed by atoms with Gasteiger partial charge in [-0.1, -0.05) is 36.0 Å². The fraction of sp³-hybridized carbons (Fsp3) is 0.0625. The maximum Gasteiger partial charge on any atom is 0.236 e. The van der Waals surface area contributed by atoms with Crippen molar-refractivity contribution >= 4 is 23.1 Å². The van der Waals surface area contributed by atoms with Gasteiger partial charge in [0.05, 0.1) is 10.6 Å². The van der Waals surface area contributed by atoms with Crippen molar-refractivity contribution in [2.45, 2.75) is 10.9 Å². The number of aromatic nitrogens is 4. The summed E-state index contributed by atoms with van der Waals surface area (Å²) in [5.74, 6) is 1.35. The number of hydrogen-bond acceptors (Lipinski definition) is 6. The second kappa shape index (κ2) is 6.39. The molecular formula is C16H12N4OS2. The Bertz CT molecular complexity index is 884. The first-order chi connectivity index (χ1) is 11.4. The van der Waals surface area contributed by atoms with E-state index in [1.165, 1.54) is 0 Å². The smallest absolute Gasteiger partial charge is 0.236 e. The molecule has 1 aromatic carbocycles. The molecule has 0 atom stereocenters. The summed E-state index contributed by atoms with van der Waals surface area (Å²) >= 11 is 3.20. The highest BCUT2D eigenvalue weighted by Gasteiger charge is 2.11. The van der Waals surface area contributed by atoms with Crippen LogP contribution in [0.5, 0.6) is 0 Å². The third-order valence-electron chi connectivity index (χ3n) is 3.18. The predicted octanol–water partition coefficient (Wildman–Crippen LogP) is 4.28. The SMILES string of the molecule is c1ccc(-n2cnnc2SCc2coc(-c3cccs3)n2)cc1. The number of para-hydroxylation sites is 1. The van der Waals surface area contributed by atoms with Crippen molar-refractivity contribution in [3.05, 3.63) is 66.1 Å². The van der Waals surface area contributed by atoms with Gasteiger partial charge in [0, 0.05) is 11.4 Å². The summed E-state index contributed by atoms with van der Waals surface area (Å²) in [6.07, 6.45) is 3.42. The van der Waals surface area contributed by atoms with E-state index in [0.29, 0.717) is 11.6 Å². The van der Waals surface area contributed by atoms with Crippen LogP contribution in [-0.2, 0) is 5.75 Å². The van der Waals surface area contributed by atoms with Crippen LogP contribution in [0.1, 0.15) is 5.69 Å². The molecule has 0 saturated carbocycles. The van der Waals surface area contributed by atoms with Gasteiger partial charge in [-0.3, -0.25) is 4.57 Å². The summed E-state index contributed by atoms with van der Waals surface area (Å²) in [4.78, 5) is 5.56. The van der Waals surface area contributed by atoms with Gasteiger partial charge in [-0.15, -0.1) is 21.5 Å². The highest BCUT2D eigenvalue weighted by molar-refractivity contribution is 7.98. The van der Waals surface area contributed by atoms with Gasteiger partial charge in [0.15, 0.2) is 5.16 Å². The van der Waals surface area contributed by atoms with Crippen molar-refractivity contribution in [1.29, 1.82) is 0 Å². The van der Waals surface area contributed by atoms with Gasteiger partial charge in [0.2, 0.25) is 5.89 Å². The Kier molecular flexibility index (Phi) is 3.95. The standard InChI is InChI=1S/C16H12N4OS2/c1-2-5-13(6-3-1)20-11-17-19-16(20)23-10-12-9-21-15(18-12)14-7-4-8-22-14/h1-9,11H,10H2. The largest absolute Gasteiger partial charge is 0.444 e. The number of benzene rings is 1. The van der Waals surface area contributed by atoms with Gasteiger partial charge in [-0.25, -0.2) is 4.98 Å². The Morgan fingerprint density at radius 2 is 2.04 bits per heavy atom. The Hall–Kier alpha value is -2.38. The van der Waals surface area contributed by atoms with Crippen LogP contribution in [0.15, 0.2) is 70.0 Å². The first-order valence-electron chi connectivity index (χ1n) is 6.97. The molecule has 4 rings (SSSR count). The lowest BCUT2D eigenvalue weighted by molar-refractivity contribution is 0.575. The Morgan fingerprint density at radius 3 is 2.87 bits per heavy atom. The molecule has 0 aliphatic carbocycles. The number of nitrogens with zero attached hydrogens (tertiary/aromatic N) is 4. The van der Waals surface area contributed by atoms with Crippen molar-refractivity contribution in [2.24, 2.45) is 0 Å². The lowest BCUT2D eigenvalue weighted by atomic mass is 10.3. The molecule has 0 N–H and O–H groups in total.